The molecule has 9 heteroatoms. The molecular formula is C20H17Cl2FN2O4. The average molecular weight is 439 g/mol. The number of halogens is 3. The first kappa shape index (κ1) is 21.0. The predicted octanol–water partition coefficient (Wildman–Crippen LogP) is 3.61. The Hall–Kier alpha value is -2.77. The minimum atomic E-state index is -0.717. The molecule has 2 aromatic rings. The number of amides is 2. The molecule has 0 bridgehead atoms. The van der Waals surface area contributed by atoms with E-state index in [1.54, 1.807) is 18.2 Å². The van der Waals surface area contributed by atoms with Crippen molar-refractivity contribution in [2.75, 3.05) is 6.61 Å². The SMILES string of the molecule is C=C(NC(=O)COc1ccc(Cl)c(F)c1)NC(=O)C1CCc2cc(Cl)ccc2O1. The van der Waals surface area contributed by atoms with Gasteiger partial charge in [0.1, 0.15) is 23.1 Å². The Labute approximate surface area is 176 Å². The molecular weight excluding hydrogens is 422 g/mol. The third-order valence-electron chi connectivity index (χ3n) is 4.09. The molecule has 152 valence electrons. The van der Waals surface area contributed by atoms with Gasteiger partial charge in [0.25, 0.3) is 11.8 Å². The van der Waals surface area contributed by atoms with Crippen LogP contribution in [0.5, 0.6) is 11.5 Å². The summed E-state index contributed by atoms with van der Waals surface area (Å²) in [4.78, 5) is 24.3. The fourth-order valence-electron chi connectivity index (χ4n) is 2.72. The van der Waals surface area contributed by atoms with Crippen LogP contribution in [-0.2, 0) is 16.0 Å². The summed E-state index contributed by atoms with van der Waals surface area (Å²) in [7, 11) is 0. The predicted molar refractivity (Wildman–Crippen MR) is 107 cm³/mol. The van der Waals surface area contributed by atoms with Gasteiger partial charge in [-0.15, -0.1) is 0 Å². The van der Waals surface area contributed by atoms with E-state index >= 15 is 0 Å². The zero-order valence-electron chi connectivity index (χ0n) is 15.1. The number of carbonyl (C=O) groups is 2. The first-order valence-corrected chi connectivity index (χ1v) is 9.40. The third-order valence-corrected chi connectivity index (χ3v) is 4.63. The number of hydrogen-bond acceptors (Lipinski definition) is 4. The Balaban J connectivity index is 1.46. The number of aryl methyl sites for hydroxylation is 1. The van der Waals surface area contributed by atoms with Crippen molar-refractivity contribution in [3.63, 3.8) is 0 Å². The largest absolute Gasteiger partial charge is 0.484 e. The summed E-state index contributed by atoms with van der Waals surface area (Å²) in [6.45, 7) is 3.20. The lowest BCUT2D eigenvalue weighted by Crippen LogP contribution is -2.44. The maximum atomic E-state index is 13.4. The molecule has 1 unspecified atom stereocenters. The van der Waals surface area contributed by atoms with Crippen molar-refractivity contribution in [3.8, 4) is 11.5 Å². The Morgan fingerprint density at radius 2 is 2.00 bits per heavy atom. The summed E-state index contributed by atoms with van der Waals surface area (Å²) in [5.74, 6) is -0.939. The molecule has 0 radical (unpaired) electrons. The molecule has 29 heavy (non-hydrogen) atoms. The number of fused-ring (bicyclic) bond motifs is 1. The fourth-order valence-corrected chi connectivity index (χ4v) is 3.03. The minimum Gasteiger partial charge on any atom is -0.484 e. The smallest absolute Gasteiger partial charge is 0.266 e. The van der Waals surface area contributed by atoms with E-state index in [0.29, 0.717) is 23.6 Å². The summed E-state index contributed by atoms with van der Waals surface area (Å²) in [6.07, 6.45) is 0.384. The van der Waals surface area contributed by atoms with Crippen molar-refractivity contribution in [2.45, 2.75) is 18.9 Å². The molecule has 2 N–H and O–H groups in total. The summed E-state index contributed by atoms with van der Waals surface area (Å²) >= 11 is 11.5. The molecule has 0 spiro atoms. The van der Waals surface area contributed by atoms with E-state index in [-0.39, 0.29) is 16.6 Å². The van der Waals surface area contributed by atoms with Crippen LogP contribution < -0.4 is 20.1 Å². The van der Waals surface area contributed by atoms with Gasteiger partial charge in [-0.25, -0.2) is 4.39 Å². The molecule has 2 aromatic carbocycles. The first-order valence-electron chi connectivity index (χ1n) is 8.64. The van der Waals surface area contributed by atoms with Gasteiger partial charge in [0.2, 0.25) is 0 Å². The van der Waals surface area contributed by atoms with Crippen LogP contribution in [0.3, 0.4) is 0 Å². The number of hydrogen-bond donors (Lipinski definition) is 2. The van der Waals surface area contributed by atoms with Gasteiger partial charge in [-0.1, -0.05) is 29.8 Å². The zero-order valence-corrected chi connectivity index (χ0v) is 16.6. The van der Waals surface area contributed by atoms with Gasteiger partial charge in [0.15, 0.2) is 12.7 Å². The highest BCUT2D eigenvalue weighted by molar-refractivity contribution is 6.31. The zero-order chi connectivity index (χ0) is 21.0. The quantitative estimate of drug-likeness (QED) is 0.721. The van der Waals surface area contributed by atoms with Crippen molar-refractivity contribution in [1.29, 1.82) is 0 Å². The molecule has 0 saturated carbocycles. The second kappa shape index (κ2) is 9.15. The van der Waals surface area contributed by atoms with Crippen LogP contribution in [-0.4, -0.2) is 24.5 Å². The highest BCUT2D eigenvalue weighted by Gasteiger charge is 2.26. The van der Waals surface area contributed by atoms with Gasteiger partial charge in [0, 0.05) is 11.1 Å². The molecule has 1 aliphatic heterocycles. The molecule has 0 fully saturated rings. The number of benzene rings is 2. The van der Waals surface area contributed by atoms with Crippen LogP contribution in [0.25, 0.3) is 0 Å². The number of ether oxygens (including phenoxy) is 2. The molecule has 1 atom stereocenters. The topological polar surface area (TPSA) is 76.7 Å². The van der Waals surface area contributed by atoms with E-state index in [0.717, 1.165) is 11.6 Å². The van der Waals surface area contributed by atoms with Crippen LogP contribution in [0, 0.1) is 5.82 Å². The van der Waals surface area contributed by atoms with Crippen LogP contribution in [0.4, 0.5) is 4.39 Å². The van der Waals surface area contributed by atoms with E-state index in [1.807, 2.05) is 0 Å². The van der Waals surface area contributed by atoms with E-state index in [2.05, 4.69) is 17.2 Å². The van der Waals surface area contributed by atoms with E-state index in [4.69, 9.17) is 32.7 Å². The maximum Gasteiger partial charge on any atom is 0.266 e. The van der Waals surface area contributed by atoms with Crippen molar-refractivity contribution in [2.24, 2.45) is 0 Å². The van der Waals surface area contributed by atoms with Gasteiger partial charge in [-0.3, -0.25) is 9.59 Å². The number of rotatable bonds is 6. The second-order valence-corrected chi connectivity index (χ2v) is 7.12. The van der Waals surface area contributed by atoms with E-state index in [9.17, 15) is 14.0 Å². The Morgan fingerprint density at radius 1 is 1.21 bits per heavy atom. The average Bonchev–Trinajstić information content (AvgIpc) is 2.68. The maximum absolute atomic E-state index is 13.4. The van der Waals surface area contributed by atoms with Crippen LogP contribution >= 0.6 is 23.2 Å². The van der Waals surface area contributed by atoms with Gasteiger partial charge >= 0.3 is 0 Å². The summed E-state index contributed by atoms with van der Waals surface area (Å²) in [5.41, 5.74) is 0.935. The van der Waals surface area contributed by atoms with Crippen molar-refractivity contribution < 1.29 is 23.5 Å². The third kappa shape index (κ3) is 5.62. The lowest BCUT2D eigenvalue weighted by Gasteiger charge is -2.25. The highest BCUT2D eigenvalue weighted by Crippen LogP contribution is 2.30. The normalized spacial score (nSPS) is 14.9. The van der Waals surface area contributed by atoms with Crippen LogP contribution in [0.1, 0.15) is 12.0 Å². The number of nitrogens with one attached hydrogen (secondary N) is 2. The molecule has 1 aliphatic rings. The van der Waals surface area contributed by atoms with Crippen molar-refractivity contribution in [1.82, 2.24) is 10.6 Å². The van der Waals surface area contributed by atoms with Gasteiger partial charge in [-0.05, 0) is 48.7 Å². The first-order chi connectivity index (χ1) is 13.8. The van der Waals surface area contributed by atoms with Crippen LogP contribution in [0.15, 0.2) is 48.8 Å². The van der Waals surface area contributed by atoms with E-state index < -0.39 is 30.3 Å². The summed E-state index contributed by atoms with van der Waals surface area (Å²) in [6, 6.07) is 9.02. The molecule has 6 nitrogen and oxygen atoms in total. The number of carbonyl (C=O) groups excluding carboxylic acids is 2. The Bertz CT molecular complexity index is 967. The standard InChI is InChI=1S/C20H17Cl2FN2O4/c1-11(24-19(26)10-28-14-4-5-15(22)16(23)9-14)25-20(27)18-6-2-12-8-13(21)3-7-17(12)29-18/h3-5,7-9,18H,1-2,6,10H2,(H,24,26)(H,25,27). The molecule has 0 aliphatic carbocycles. The Morgan fingerprint density at radius 3 is 2.76 bits per heavy atom. The molecule has 0 aromatic heterocycles. The molecule has 3 rings (SSSR count). The van der Waals surface area contributed by atoms with Crippen molar-refractivity contribution in [3.05, 3.63) is 70.2 Å². The lowest BCUT2D eigenvalue weighted by molar-refractivity contribution is -0.128. The second-order valence-electron chi connectivity index (χ2n) is 6.28. The van der Waals surface area contributed by atoms with Gasteiger partial charge < -0.3 is 20.1 Å². The summed E-state index contributed by atoms with van der Waals surface area (Å²) < 4.78 is 24.2. The fraction of sp³-hybridized carbons (Fsp3) is 0.200. The van der Waals surface area contributed by atoms with Gasteiger partial charge in [-0.2, -0.15) is 0 Å². The van der Waals surface area contributed by atoms with Crippen molar-refractivity contribution >= 4 is 35.0 Å². The van der Waals surface area contributed by atoms with Crippen LogP contribution in [0.2, 0.25) is 10.0 Å². The van der Waals surface area contributed by atoms with E-state index in [1.165, 1.54) is 12.1 Å². The monoisotopic (exact) mass is 438 g/mol. The lowest BCUT2D eigenvalue weighted by atomic mass is 10.0. The Kier molecular flexibility index (Phi) is 6.61. The molecule has 1 heterocycles. The van der Waals surface area contributed by atoms with Gasteiger partial charge in [0.05, 0.1) is 5.02 Å². The minimum absolute atomic E-state index is 0.0172. The summed E-state index contributed by atoms with van der Waals surface area (Å²) in [5, 5.41) is 5.44. The molecule has 2 amide bonds. The highest BCUT2D eigenvalue weighted by atomic mass is 35.5. The molecule has 0 saturated heterocycles.